The summed E-state index contributed by atoms with van der Waals surface area (Å²) in [6.45, 7) is 0.354. The zero-order valence-electron chi connectivity index (χ0n) is 10.2. The predicted octanol–water partition coefficient (Wildman–Crippen LogP) is 2.89. The highest BCUT2D eigenvalue weighted by Crippen LogP contribution is 2.40. The summed E-state index contributed by atoms with van der Waals surface area (Å²) in [6, 6.07) is 9.00. The van der Waals surface area contributed by atoms with Crippen LogP contribution in [0.4, 0.5) is 8.78 Å². The SMILES string of the molecule is NC[C@@H]1Cc2cc(F)cc(-c3ccccc3F)c2O1. The molecule has 0 amide bonds. The van der Waals surface area contributed by atoms with Gasteiger partial charge in [-0.2, -0.15) is 0 Å². The van der Waals surface area contributed by atoms with Crippen molar-refractivity contribution in [3.8, 4) is 16.9 Å². The minimum absolute atomic E-state index is 0.165. The Hall–Kier alpha value is -1.94. The maximum absolute atomic E-state index is 13.9. The van der Waals surface area contributed by atoms with Crippen LogP contribution in [0.15, 0.2) is 36.4 Å². The van der Waals surface area contributed by atoms with Crippen molar-refractivity contribution < 1.29 is 13.5 Å². The maximum atomic E-state index is 13.9. The van der Waals surface area contributed by atoms with Crippen molar-refractivity contribution in [2.75, 3.05) is 6.54 Å². The van der Waals surface area contributed by atoms with E-state index in [-0.39, 0.29) is 6.10 Å². The van der Waals surface area contributed by atoms with Crippen LogP contribution in [0.2, 0.25) is 0 Å². The molecule has 2 aromatic carbocycles. The van der Waals surface area contributed by atoms with E-state index in [1.165, 1.54) is 18.2 Å². The first-order valence-electron chi connectivity index (χ1n) is 6.13. The van der Waals surface area contributed by atoms with Crippen LogP contribution < -0.4 is 10.5 Å². The second kappa shape index (κ2) is 4.63. The molecule has 2 aromatic rings. The molecule has 1 atom stereocenters. The molecule has 0 aromatic heterocycles. The lowest BCUT2D eigenvalue weighted by molar-refractivity contribution is 0.242. The Bertz CT molecular complexity index is 628. The van der Waals surface area contributed by atoms with Crippen LogP contribution in [0.5, 0.6) is 5.75 Å². The number of fused-ring (bicyclic) bond motifs is 1. The van der Waals surface area contributed by atoms with Gasteiger partial charge in [0.2, 0.25) is 0 Å². The fourth-order valence-corrected chi connectivity index (χ4v) is 2.41. The van der Waals surface area contributed by atoms with Gasteiger partial charge in [0.1, 0.15) is 23.5 Å². The Kier molecular flexibility index (Phi) is 2.95. The van der Waals surface area contributed by atoms with Crippen LogP contribution in [0.1, 0.15) is 5.56 Å². The van der Waals surface area contributed by atoms with Crippen LogP contribution in [0, 0.1) is 11.6 Å². The molecule has 0 bridgehead atoms. The molecule has 19 heavy (non-hydrogen) atoms. The molecule has 2 N–H and O–H groups in total. The minimum Gasteiger partial charge on any atom is -0.488 e. The highest BCUT2D eigenvalue weighted by molar-refractivity contribution is 5.73. The molecule has 1 aliphatic rings. The van der Waals surface area contributed by atoms with Gasteiger partial charge in [0, 0.05) is 29.7 Å². The molecule has 0 saturated heterocycles. The lowest BCUT2D eigenvalue weighted by Crippen LogP contribution is -2.24. The topological polar surface area (TPSA) is 35.2 Å². The van der Waals surface area contributed by atoms with Gasteiger partial charge in [-0.1, -0.05) is 18.2 Å². The lowest BCUT2D eigenvalue weighted by atomic mass is 10.00. The van der Waals surface area contributed by atoms with E-state index in [1.807, 2.05) is 0 Å². The zero-order valence-corrected chi connectivity index (χ0v) is 10.2. The van der Waals surface area contributed by atoms with Gasteiger partial charge in [0.15, 0.2) is 0 Å². The van der Waals surface area contributed by atoms with Crippen LogP contribution >= 0.6 is 0 Å². The summed E-state index contributed by atoms with van der Waals surface area (Å²) in [4.78, 5) is 0. The van der Waals surface area contributed by atoms with Gasteiger partial charge in [-0.25, -0.2) is 8.78 Å². The number of ether oxygens (including phenoxy) is 1. The van der Waals surface area contributed by atoms with Crippen molar-refractivity contribution in [3.63, 3.8) is 0 Å². The average Bonchev–Trinajstić information content (AvgIpc) is 2.81. The Morgan fingerprint density at radius 2 is 1.95 bits per heavy atom. The molecular formula is C15H13F2NO. The summed E-state index contributed by atoms with van der Waals surface area (Å²) in [5.74, 6) is -0.240. The molecule has 1 heterocycles. The maximum Gasteiger partial charge on any atom is 0.131 e. The molecular weight excluding hydrogens is 248 g/mol. The van der Waals surface area contributed by atoms with Crippen molar-refractivity contribution in [1.29, 1.82) is 0 Å². The molecule has 2 nitrogen and oxygen atoms in total. The summed E-state index contributed by atoms with van der Waals surface area (Å²) in [5.41, 5.74) is 7.11. The first-order chi connectivity index (χ1) is 9.19. The van der Waals surface area contributed by atoms with E-state index in [0.29, 0.717) is 29.8 Å². The van der Waals surface area contributed by atoms with Gasteiger partial charge < -0.3 is 10.5 Å². The quantitative estimate of drug-likeness (QED) is 0.902. The number of hydrogen-bond donors (Lipinski definition) is 1. The number of rotatable bonds is 2. The van der Waals surface area contributed by atoms with Gasteiger partial charge >= 0.3 is 0 Å². The van der Waals surface area contributed by atoms with Gasteiger partial charge in [0.05, 0.1) is 0 Å². The Balaban J connectivity index is 2.16. The predicted molar refractivity (Wildman–Crippen MR) is 69.0 cm³/mol. The van der Waals surface area contributed by atoms with Crippen molar-refractivity contribution in [2.45, 2.75) is 12.5 Å². The summed E-state index contributed by atoms with van der Waals surface area (Å²) >= 11 is 0. The summed E-state index contributed by atoms with van der Waals surface area (Å²) in [7, 11) is 0. The molecule has 4 heteroatoms. The number of benzene rings is 2. The third-order valence-corrected chi connectivity index (χ3v) is 3.29. The standard InChI is InChI=1S/C15H13F2NO/c16-10-5-9-6-11(8-18)19-15(9)13(7-10)12-3-1-2-4-14(12)17/h1-5,7,11H,6,8,18H2/t11-/m0/s1. The summed E-state index contributed by atoms with van der Waals surface area (Å²) in [6.07, 6.45) is 0.396. The smallest absolute Gasteiger partial charge is 0.131 e. The highest BCUT2D eigenvalue weighted by atomic mass is 19.1. The molecule has 0 aliphatic carbocycles. The lowest BCUT2D eigenvalue weighted by Gasteiger charge is -2.11. The molecule has 0 fully saturated rings. The van der Waals surface area contributed by atoms with Crippen molar-refractivity contribution >= 4 is 0 Å². The average molecular weight is 261 g/mol. The zero-order chi connectivity index (χ0) is 13.4. The molecule has 3 rings (SSSR count). The highest BCUT2D eigenvalue weighted by Gasteiger charge is 2.26. The monoisotopic (exact) mass is 261 g/mol. The number of hydrogen-bond acceptors (Lipinski definition) is 2. The van der Waals surface area contributed by atoms with E-state index < -0.39 is 11.6 Å². The van der Waals surface area contributed by atoms with Crippen LogP contribution in [-0.4, -0.2) is 12.6 Å². The second-order valence-corrected chi connectivity index (χ2v) is 4.60. The normalized spacial score (nSPS) is 17.1. The largest absolute Gasteiger partial charge is 0.488 e. The van der Waals surface area contributed by atoms with E-state index in [9.17, 15) is 8.78 Å². The molecule has 0 spiro atoms. The fraction of sp³-hybridized carbons (Fsp3) is 0.200. The van der Waals surface area contributed by atoms with Crippen molar-refractivity contribution in [3.05, 3.63) is 53.6 Å². The van der Waals surface area contributed by atoms with E-state index >= 15 is 0 Å². The molecule has 0 saturated carbocycles. The molecule has 98 valence electrons. The fourth-order valence-electron chi connectivity index (χ4n) is 2.41. The Morgan fingerprint density at radius 1 is 1.16 bits per heavy atom. The third-order valence-electron chi connectivity index (χ3n) is 3.29. The molecule has 0 radical (unpaired) electrons. The minimum atomic E-state index is -0.393. The van der Waals surface area contributed by atoms with Crippen LogP contribution in [-0.2, 0) is 6.42 Å². The molecule has 1 aliphatic heterocycles. The second-order valence-electron chi connectivity index (χ2n) is 4.60. The Labute approximate surface area is 109 Å². The van der Waals surface area contributed by atoms with E-state index in [0.717, 1.165) is 5.56 Å². The van der Waals surface area contributed by atoms with Crippen molar-refractivity contribution in [2.24, 2.45) is 5.73 Å². The van der Waals surface area contributed by atoms with E-state index in [2.05, 4.69) is 0 Å². The van der Waals surface area contributed by atoms with Crippen LogP contribution in [0.3, 0.4) is 0 Å². The van der Waals surface area contributed by atoms with Crippen LogP contribution in [0.25, 0.3) is 11.1 Å². The van der Waals surface area contributed by atoms with Gasteiger partial charge in [-0.3, -0.25) is 0 Å². The number of halogens is 2. The molecule has 0 unspecified atom stereocenters. The van der Waals surface area contributed by atoms with Gasteiger partial charge in [-0.15, -0.1) is 0 Å². The summed E-state index contributed by atoms with van der Waals surface area (Å²) < 4.78 is 33.2. The van der Waals surface area contributed by atoms with Gasteiger partial charge in [-0.05, 0) is 18.2 Å². The first-order valence-corrected chi connectivity index (χ1v) is 6.13. The summed E-state index contributed by atoms with van der Waals surface area (Å²) in [5, 5.41) is 0. The van der Waals surface area contributed by atoms with E-state index in [4.69, 9.17) is 10.5 Å². The Morgan fingerprint density at radius 3 is 2.68 bits per heavy atom. The first kappa shape index (κ1) is 12.1. The van der Waals surface area contributed by atoms with Crippen molar-refractivity contribution in [1.82, 2.24) is 0 Å². The third kappa shape index (κ3) is 2.08. The van der Waals surface area contributed by atoms with Gasteiger partial charge in [0.25, 0.3) is 0 Å². The number of nitrogens with two attached hydrogens (primary N) is 1. The van der Waals surface area contributed by atoms with E-state index in [1.54, 1.807) is 18.2 Å².